The van der Waals surface area contributed by atoms with Crippen LogP contribution in [0.5, 0.6) is 0 Å². The van der Waals surface area contributed by atoms with Crippen molar-refractivity contribution < 1.29 is 0 Å². The predicted octanol–water partition coefficient (Wildman–Crippen LogP) is 7.64. The highest BCUT2D eigenvalue weighted by molar-refractivity contribution is 6.51. The lowest BCUT2D eigenvalue weighted by molar-refractivity contribution is 0.810. The summed E-state index contributed by atoms with van der Waals surface area (Å²) in [5.74, 6) is 2.82. The molecule has 7 rings (SSSR count). The molecule has 1 atom stereocenters. The third-order valence-electron chi connectivity index (χ3n) is 7.17. The van der Waals surface area contributed by atoms with Gasteiger partial charge < -0.3 is 10.2 Å². The molecule has 2 aliphatic heterocycles. The zero-order chi connectivity index (χ0) is 27.4. The summed E-state index contributed by atoms with van der Waals surface area (Å²) in [4.78, 5) is 17.2. The van der Waals surface area contributed by atoms with E-state index in [2.05, 4.69) is 65.4 Å². The van der Waals surface area contributed by atoms with E-state index in [4.69, 9.17) is 26.7 Å². The summed E-state index contributed by atoms with van der Waals surface area (Å²) in [5, 5.41) is 9.22. The minimum Gasteiger partial charge on any atom is -0.337 e. The molecule has 0 fully saturated rings. The van der Waals surface area contributed by atoms with Gasteiger partial charge in [0.2, 0.25) is 0 Å². The van der Waals surface area contributed by atoms with Crippen LogP contribution in [0.4, 0.5) is 22.9 Å². The number of amidine groups is 2. The first-order valence-corrected chi connectivity index (χ1v) is 13.5. The maximum Gasteiger partial charge on any atom is 0.179 e. The minimum absolute atomic E-state index is 0.218. The first-order valence-electron chi connectivity index (χ1n) is 13.1. The number of aryl methyl sites for hydroxylation is 3. The molecule has 2 aromatic heterocycles. The SMILES string of the molecule is Cc1cc(C)cc(NC2=Nc3ccccc3N3C2=Nc2c(c(C)nn2-c2ccccn2)[C@@H]3c2ccc(Cl)cc2)c1. The van der Waals surface area contributed by atoms with Crippen molar-refractivity contribution in [3.63, 3.8) is 0 Å². The summed E-state index contributed by atoms with van der Waals surface area (Å²) in [6, 6.07) is 28.1. The molecule has 4 heterocycles. The molecular weight excluding hydrogens is 518 g/mol. The number of hydrogen-bond donors (Lipinski definition) is 1. The van der Waals surface area contributed by atoms with E-state index in [9.17, 15) is 0 Å². The van der Waals surface area contributed by atoms with Crippen LogP contribution in [0.15, 0.2) is 101 Å². The third-order valence-corrected chi connectivity index (χ3v) is 7.43. The van der Waals surface area contributed by atoms with E-state index in [1.165, 1.54) is 11.1 Å². The number of nitrogens with one attached hydrogen (secondary N) is 1. The standard InChI is InChI=1S/C32H26ClN7/c1-19-16-20(2)18-24(17-19)35-30-32-37-31-28(21(3)38-40(31)27-10-6-7-15-34-27)29(22-11-13-23(33)14-12-22)39(32)26-9-5-4-8-25(26)36-30/h4-18,29H,1-3H3,(H,35,36)/t29-/m0/s1. The molecule has 3 aromatic carbocycles. The monoisotopic (exact) mass is 543 g/mol. The molecular formula is C32H26ClN7. The molecule has 40 heavy (non-hydrogen) atoms. The fourth-order valence-corrected chi connectivity index (χ4v) is 5.71. The highest BCUT2D eigenvalue weighted by atomic mass is 35.5. The molecule has 0 bridgehead atoms. The van der Waals surface area contributed by atoms with Crippen LogP contribution in [0.25, 0.3) is 5.82 Å². The molecule has 0 amide bonds. The summed E-state index contributed by atoms with van der Waals surface area (Å²) in [6.45, 7) is 6.22. The quantitative estimate of drug-likeness (QED) is 0.254. The summed E-state index contributed by atoms with van der Waals surface area (Å²) < 4.78 is 1.83. The smallest absolute Gasteiger partial charge is 0.179 e. The lowest BCUT2D eigenvalue weighted by atomic mass is 9.93. The highest BCUT2D eigenvalue weighted by Gasteiger charge is 2.41. The van der Waals surface area contributed by atoms with Crippen LogP contribution in [0, 0.1) is 20.8 Å². The number of rotatable bonds is 3. The molecule has 0 radical (unpaired) electrons. The summed E-state index contributed by atoms with van der Waals surface area (Å²) in [6.07, 6.45) is 1.77. The predicted molar refractivity (Wildman–Crippen MR) is 162 cm³/mol. The molecule has 196 valence electrons. The molecule has 0 unspecified atom stereocenters. The van der Waals surface area contributed by atoms with Gasteiger partial charge >= 0.3 is 0 Å². The lowest BCUT2D eigenvalue weighted by Gasteiger charge is -2.40. The van der Waals surface area contributed by atoms with E-state index in [1.54, 1.807) is 6.20 Å². The fraction of sp³-hybridized carbons (Fsp3) is 0.125. The highest BCUT2D eigenvalue weighted by Crippen LogP contribution is 2.48. The van der Waals surface area contributed by atoms with E-state index in [0.717, 1.165) is 39.7 Å². The van der Waals surface area contributed by atoms with E-state index >= 15 is 0 Å². The van der Waals surface area contributed by atoms with Crippen molar-refractivity contribution in [3.05, 3.63) is 124 Å². The average Bonchev–Trinajstić information content (AvgIpc) is 3.28. The van der Waals surface area contributed by atoms with Gasteiger partial charge in [0, 0.05) is 22.5 Å². The van der Waals surface area contributed by atoms with Crippen molar-refractivity contribution in [1.82, 2.24) is 14.8 Å². The lowest BCUT2D eigenvalue weighted by Crippen LogP contribution is -2.46. The van der Waals surface area contributed by atoms with Crippen molar-refractivity contribution in [2.75, 3.05) is 10.2 Å². The van der Waals surface area contributed by atoms with Crippen molar-refractivity contribution >= 4 is 46.2 Å². The second-order valence-electron chi connectivity index (χ2n) is 10.1. The molecule has 0 spiro atoms. The normalized spacial score (nSPS) is 15.5. The number of nitrogens with zero attached hydrogens (tertiary/aromatic N) is 6. The van der Waals surface area contributed by atoms with Gasteiger partial charge in [0.1, 0.15) is 0 Å². The second-order valence-corrected chi connectivity index (χ2v) is 10.6. The van der Waals surface area contributed by atoms with E-state index in [0.29, 0.717) is 22.5 Å². The Morgan fingerprint density at radius 2 is 1.57 bits per heavy atom. The Balaban J connectivity index is 1.50. The number of aromatic nitrogens is 3. The average molecular weight is 544 g/mol. The first-order chi connectivity index (χ1) is 19.5. The third kappa shape index (κ3) is 4.06. The van der Waals surface area contributed by atoms with Gasteiger partial charge in [-0.3, -0.25) is 0 Å². The zero-order valence-electron chi connectivity index (χ0n) is 22.3. The van der Waals surface area contributed by atoms with Crippen LogP contribution in [0.3, 0.4) is 0 Å². The van der Waals surface area contributed by atoms with Gasteiger partial charge in [-0.25, -0.2) is 15.0 Å². The van der Waals surface area contributed by atoms with Gasteiger partial charge in [-0.15, -0.1) is 0 Å². The van der Waals surface area contributed by atoms with Gasteiger partial charge in [0.25, 0.3) is 0 Å². The summed E-state index contributed by atoms with van der Waals surface area (Å²) >= 11 is 6.33. The Kier molecular flexibility index (Phi) is 5.75. The molecule has 2 aliphatic rings. The van der Waals surface area contributed by atoms with E-state index in [-0.39, 0.29) is 6.04 Å². The van der Waals surface area contributed by atoms with Crippen molar-refractivity contribution in [2.45, 2.75) is 26.8 Å². The van der Waals surface area contributed by atoms with Gasteiger partial charge in [0.05, 0.1) is 23.1 Å². The number of anilines is 2. The Morgan fingerprint density at radius 3 is 2.33 bits per heavy atom. The fourth-order valence-electron chi connectivity index (χ4n) is 5.58. The first kappa shape index (κ1) is 24.3. The van der Waals surface area contributed by atoms with E-state index < -0.39 is 0 Å². The number of para-hydroxylation sites is 2. The van der Waals surface area contributed by atoms with Crippen LogP contribution in [-0.2, 0) is 0 Å². The molecule has 0 saturated heterocycles. The second kappa shape index (κ2) is 9.47. The topological polar surface area (TPSA) is 70.7 Å². The Morgan fingerprint density at radius 1 is 0.825 bits per heavy atom. The molecule has 0 aliphatic carbocycles. The summed E-state index contributed by atoms with van der Waals surface area (Å²) in [7, 11) is 0. The zero-order valence-corrected chi connectivity index (χ0v) is 23.1. The molecule has 8 heteroatoms. The Bertz CT molecular complexity index is 1800. The molecule has 1 N–H and O–H groups in total. The number of halogens is 1. The maximum absolute atomic E-state index is 6.33. The van der Waals surface area contributed by atoms with Crippen molar-refractivity contribution in [3.8, 4) is 5.82 Å². The van der Waals surface area contributed by atoms with Crippen LogP contribution in [-0.4, -0.2) is 26.4 Å². The van der Waals surface area contributed by atoms with Crippen LogP contribution < -0.4 is 10.2 Å². The maximum atomic E-state index is 6.33. The number of hydrogen-bond acceptors (Lipinski definition) is 6. The minimum atomic E-state index is -0.218. The van der Waals surface area contributed by atoms with Gasteiger partial charge in [-0.05, 0) is 86.0 Å². The number of fused-ring (bicyclic) bond motifs is 4. The Hall–Kier alpha value is -4.75. The number of aliphatic imine (C=N–C) groups is 2. The van der Waals surface area contributed by atoms with Crippen LogP contribution >= 0.6 is 11.6 Å². The molecule has 0 saturated carbocycles. The Labute approximate surface area is 237 Å². The molecule has 5 aromatic rings. The van der Waals surface area contributed by atoms with E-state index in [1.807, 2.05) is 60.1 Å². The van der Waals surface area contributed by atoms with Crippen molar-refractivity contribution in [1.29, 1.82) is 0 Å². The summed E-state index contributed by atoms with van der Waals surface area (Å²) in [5.41, 5.74) is 8.12. The largest absolute Gasteiger partial charge is 0.337 e. The van der Waals surface area contributed by atoms with Crippen molar-refractivity contribution in [2.24, 2.45) is 9.98 Å². The van der Waals surface area contributed by atoms with Gasteiger partial charge in [0.15, 0.2) is 23.3 Å². The number of benzene rings is 3. The van der Waals surface area contributed by atoms with Gasteiger partial charge in [-0.2, -0.15) is 9.78 Å². The molecule has 7 nitrogen and oxygen atoms in total. The van der Waals surface area contributed by atoms with Crippen LogP contribution in [0.2, 0.25) is 5.02 Å². The van der Waals surface area contributed by atoms with Gasteiger partial charge in [-0.1, -0.05) is 48.0 Å². The number of pyridine rings is 1. The van der Waals surface area contributed by atoms with Crippen LogP contribution in [0.1, 0.15) is 34.0 Å².